The summed E-state index contributed by atoms with van der Waals surface area (Å²) in [5, 5.41) is 7.01. The van der Waals surface area contributed by atoms with Crippen LogP contribution in [0.5, 0.6) is 0 Å². The van der Waals surface area contributed by atoms with Crippen LogP contribution in [0.2, 0.25) is 0 Å². The van der Waals surface area contributed by atoms with Gasteiger partial charge in [-0.3, -0.25) is 24.2 Å². The molecule has 2 heterocycles. The van der Waals surface area contributed by atoms with Crippen molar-refractivity contribution in [3.63, 3.8) is 0 Å². The van der Waals surface area contributed by atoms with Gasteiger partial charge < -0.3 is 11.1 Å². The van der Waals surface area contributed by atoms with E-state index in [1.54, 1.807) is 12.1 Å². The van der Waals surface area contributed by atoms with Crippen molar-refractivity contribution >= 4 is 18.0 Å². The van der Waals surface area contributed by atoms with Crippen LogP contribution < -0.4 is 11.1 Å². The zero-order chi connectivity index (χ0) is 31.3. The third kappa shape index (κ3) is 5.22. The number of hydrogen-bond donors (Lipinski definition) is 2. The number of nitrogens with one attached hydrogen (secondary N) is 1. The van der Waals surface area contributed by atoms with E-state index in [2.05, 4.69) is 20.4 Å². The molecule has 4 aromatic rings. The molecule has 1 saturated carbocycles. The number of aliphatic imine (C=N–C) groups is 1. The van der Waals surface area contributed by atoms with Crippen molar-refractivity contribution in [3.05, 3.63) is 106 Å². The van der Waals surface area contributed by atoms with Crippen molar-refractivity contribution < 1.29 is 31.5 Å². The molecule has 2 amide bonds. The van der Waals surface area contributed by atoms with Crippen LogP contribution in [-0.4, -0.2) is 39.8 Å². The SMILES string of the molecule is C/N=C/c1nn(CC(=O)N[C@@H](Cc2cc(F)cc(F)c2)c2ncccc2-c2ccc(F)c(C(N)=O)c2)c2c1[C@H]1CC1C2(F)F. The minimum Gasteiger partial charge on any atom is -0.366 e. The number of rotatable bonds is 9. The molecule has 0 aliphatic heterocycles. The Morgan fingerprint density at radius 1 is 1.16 bits per heavy atom. The molecular weight excluding hydrogens is 583 g/mol. The van der Waals surface area contributed by atoms with Gasteiger partial charge in [0.15, 0.2) is 0 Å². The highest BCUT2D eigenvalue weighted by molar-refractivity contribution is 5.94. The number of nitrogens with zero attached hydrogens (tertiary/aromatic N) is 4. The largest absolute Gasteiger partial charge is 0.366 e. The van der Waals surface area contributed by atoms with E-state index in [9.17, 15) is 22.8 Å². The zero-order valence-corrected chi connectivity index (χ0v) is 23.2. The molecule has 13 heteroatoms. The van der Waals surface area contributed by atoms with Gasteiger partial charge in [-0.25, -0.2) is 13.2 Å². The summed E-state index contributed by atoms with van der Waals surface area (Å²) < 4.78 is 73.9. The third-order valence-electron chi connectivity index (χ3n) is 7.91. The molecule has 44 heavy (non-hydrogen) atoms. The molecule has 2 aromatic carbocycles. The maximum atomic E-state index is 15.2. The monoisotopic (exact) mass is 608 g/mol. The van der Waals surface area contributed by atoms with Crippen molar-refractivity contribution in [3.8, 4) is 11.1 Å². The average molecular weight is 609 g/mol. The van der Waals surface area contributed by atoms with Crippen LogP contribution in [0.1, 0.15) is 56.9 Å². The van der Waals surface area contributed by atoms with Gasteiger partial charge in [-0.15, -0.1) is 0 Å². The zero-order valence-electron chi connectivity index (χ0n) is 23.2. The predicted molar refractivity (Wildman–Crippen MR) is 150 cm³/mol. The van der Waals surface area contributed by atoms with E-state index in [0.717, 1.165) is 22.9 Å². The fourth-order valence-electron chi connectivity index (χ4n) is 6.01. The second-order valence-corrected chi connectivity index (χ2v) is 10.9. The Balaban J connectivity index is 1.37. The second kappa shape index (κ2) is 11.0. The highest BCUT2D eigenvalue weighted by Crippen LogP contribution is 2.67. The van der Waals surface area contributed by atoms with Gasteiger partial charge in [0.1, 0.15) is 35.4 Å². The first kappa shape index (κ1) is 29.1. The number of nitrogens with two attached hydrogens (primary N) is 1. The summed E-state index contributed by atoms with van der Waals surface area (Å²) in [7, 11) is 1.49. The van der Waals surface area contributed by atoms with E-state index in [-0.39, 0.29) is 40.5 Å². The molecule has 1 fully saturated rings. The highest BCUT2D eigenvalue weighted by atomic mass is 19.3. The third-order valence-corrected chi connectivity index (χ3v) is 7.91. The normalized spacial score (nSPS) is 18.6. The summed E-state index contributed by atoms with van der Waals surface area (Å²) >= 11 is 0. The molecule has 0 radical (unpaired) electrons. The number of fused-ring (bicyclic) bond motifs is 3. The van der Waals surface area contributed by atoms with Gasteiger partial charge in [-0.2, -0.15) is 13.9 Å². The molecule has 0 bridgehead atoms. The molecule has 3 N–H and O–H groups in total. The number of aromatic nitrogens is 3. The summed E-state index contributed by atoms with van der Waals surface area (Å²) in [4.78, 5) is 33.6. The van der Waals surface area contributed by atoms with Gasteiger partial charge in [0.05, 0.1) is 17.3 Å². The van der Waals surface area contributed by atoms with Gasteiger partial charge >= 0.3 is 0 Å². The van der Waals surface area contributed by atoms with Crippen molar-refractivity contribution in [1.82, 2.24) is 20.1 Å². The number of halogens is 5. The molecule has 2 aromatic heterocycles. The lowest BCUT2D eigenvalue weighted by Gasteiger charge is -2.22. The minimum absolute atomic E-state index is 0.153. The van der Waals surface area contributed by atoms with Gasteiger partial charge in [0.25, 0.3) is 11.8 Å². The Hall–Kier alpha value is -4.94. The number of pyridine rings is 1. The molecule has 226 valence electrons. The summed E-state index contributed by atoms with van der Waals surface area (Å²) in [6, 6.07) is 8.70. The van der Waals surface area contributed by atoms with Crippen LogP contribution in [0.4, 0.5) is 22.0 Å². The lowest BCUT2D eigenvalue weighted by atomic mass is 9.94. The van der Waals surface area contributed by atoms with E-state index < -0.39 is 53.7 Å². The molecule has 0 spiro atoms. The van der Waals surface area contributed by atoms with Gasteiger partial charge in [0, 0.05) is 42.6 Å². The fourth-order valence-corrected chi connectivity index (χ4v) is 6.01. The van der Waals surface area contributed by atoms with Crippen LogP contribution in [0.15, 0.2) is 59.7 Å². The van der Waals surface area contributed by atoms with E-state index in [1.165, 1.54) is 31.6 Å². The molecule has 0 saturated heterocycles. The van der Waals surface area contributed by atoms with Gasteiger partial charge in [0.2, 0.25) is 5.91 Å². The van der Waals surface area contributed by atoms with Crippen molar-refractivity contribution in [1.29, 1.82) is 0 Å². The first-order valence-electron chi connectivity index (χ1n) is 13.7. The first-order chi connectivity index (χ1) is 21.0. The van der Waals surface area contributed by atoms with E-state index >= 15 is 8.78 Å². The van der Waals surface area contributed by atoms with Crippen molar-refractivity contribution in [2.24, 2.45) is 16.6 Å². The number of benzene rings is 2. The Labute approximate surface area is 247 Å². The fraction of sp³-hybridized carbons (Fsp3) is 0.258. The van der Waals surface area contributed by atoms with Crippen LogP contribution in [0.25, 0.3) is 11.1 Å². The maximum absolute atomic E-state index is 15.2. The summed E-state index contributed by atoms with van der Waals surface area (Å²) in [5.74, 6) is -8.59. The number of primary amides is 1. The summed E-state index contributed by atoms with van der Waals surface area (Å²) in [5.41, 5.74) is 6.38. The molecule has 6 rings (SSSR count). The number of amides is 2. The molecule has 1 unspecified atom stereocenters. The number of carbonyl (C=O) groups excluding carboxylic acids is 2. The summed E-state index contributed by atoms with van der Waals surface area (Å²) in [6.45, 7) is -0.576. The van der Waals surface area contributed by atoms with Crippen molar-refractivity contribution in [2.45, 2.75) is 37.3 Å². The van der Waals surface area contributed by atoms with Crippen LogP contribution in [0, 0.1) is 23.4 Å². The second-order valence-electron chi connectivity index (χ2n) is 10.9. The number of hydrogen-bond acceptors (Lipinski definition) is 5. The molecule has 2 aliphatic rings. The summed E-state index contributed by atoms with van der Waals surface area (Å²) in [6.07, 6.45) is 2.98. The quantitative estimate of drug-likeness (QED) is 0.210. The lowest BCUT2D eigenvalue weighted by Crippen LogP contribution is -2.35. The van der Waals surface area contributed by atoms with Crippen LogP contribution >= 0.6 is 0 Å². The smallest absolute Gasteiger partial charge is 0.293 e. The highest BCUT2D eigenvalue weighted by Gasteiger charge is 2.66. The Kier molecular flexibility index (Phi) is 7.26. The minimum atomic E-state index is -3.17. The standard InChI is InChI=1S/C31H25F5N6O2/c1-38-13-25-27-20-12-22(20)31(35,36)29(27)42(41-25)14-26(43)40-24(9-15-7-17(32)11-18(33)8-15)28-19(3-2-6-39-28)16-4-5-23(34)21(10-16)30(37)44/h2-8,10-11,13,20,22,24H,9,12,14H2,1H3,(H2,37,44)(H,40,43)/b38-13+/t20-,22?,24-/m0/s1. The first-order valence-corrected chi connectivity index (χ1v) is 13.7. The van der Waals surface area contributed by atoms with Crippen LogP contribution in [0.3, 0.4) is 0 Å². The Morgan fingerprint density at radius 2 is 1.91 bits per heavy atom. The topological polar surface area (TPSA) is 115 Å². The Morgan fingerprint density at radius 3 is 2.61 bits per heavy atom. The number of alkyl halides is 2. The van der Waals surface area contributed by atoms with E-state index in [4.69, 9.17) is 5.73 Å². The van der Waals surface area contributed by atoms with Gasteiger partial charge in [-0.1, -0.05) is 12.1 Å². The molecule has 8 nitrogen and oxygen atoms in total. The van der Waals surface area contributed by atoms with E-state index in [1.807, 2.05) is 0 Å². The Bertz CT molecular complexity index is 1820. The molecule has 3 atom stereocenters. The average Bonchev–Trinajstić information content (AvgIpc) is 3.63. The predicted octanol–water partition coefficient (Wildman–Crippen LogP) is 4.82. The molecule has 2 aliphatic carbocycles. The van der Waals surface area contributed by atoms with Crippen LogP contribution in [-0.2, 0) is 23.7 Å². The van der Waals surface area contributed by atoms with E-state index in [0.29, 0.717) is 29.2 Å². The number of carbonyl (C=O) groups is 2. The maximum Gasteiger partial charge on any atom is 0.293 e. The molecular formula is C31H25F5N6O2. The van der Waals surface area contributed by atoms with Gasteiger partial charge in [-0.05, 0) is 60.2 Å². The lowest BCUT2D eigenvalue weighted by molar-refractivity contribution is -0.122. The van der Waals surface area contributed by atoms with Crippen molar-refractivity contribution in [2.75, 3.05) is 7.05 Å².